The van der Waals surface area contributed by atoms with Crippen LogP contribution in [0.3, 0.4) is 0 Å². The molecule has 4 rings (SSSR count). The number of fused-ring (bicyclic) bond motifs is 1. The summed E-state index contributed by atoms with van der Waals surface area (Å²) in [6.45, 7) is 9.43. The molecule has 1 aromatic heterocycles. The average Bonchev–Trinajstić information content (AvgIpc) is 3.37. The number of thiazole rings is 1. The maximum Gasteiger partial charge on any atom is 0.247 e. The number of amides is 3. The van der Waals surface area contributed by atoms with Crippen molar-refractivity contribution in [2.75, 3.05) is 39.4 Å². The first-order chi connectivity index (χ1) is 19.8. The Morgan fingerprint density at radius 3 is 2.66 bits per heavy atom. The molecule has 1 saturated carbocycles. The first-order valence-corrected chi connectivity index (χ1v) is 15.9. The molecule has 41 heavy (non-hydrogen) atoms. The van der Waals surface area contributed by atoms with E-state index in [9.17, 15) is 14.4 Å². The van der Waals surface area contributed by atoms with Crippen LogP contribution in [0, 0.1) is 5.92 Å². The molecule has 2 heterocycles. The lowest BCUT2D eigenvalue weighted by atomic mass is 9.84. The van der Waals surface area contributed by atoms with Crippen LogP contribution in [-0.4, -0.2) is 79.1 Å². The molecule has 1 saturated heterocycles. The lowest BCUT2D eigenvalue weighted by Gasteiger charge is -2.29. The first kappa shape index (κ1) is 31.4. The molecule has 2 aromatic rings. The van der Waals surface area contributed by atoms with Gasteiger partial charge in [-0.15, -0.1) is 11.3 Å². The Bertz CT molecular complexity index is 1210. The smallest absolute Gasteiger partial charge is 0.247 e. The fraction of sp³-hybridized carbons (Fsp3) is 0.600. The molecule has 1 aromatic carbocycles. The number of nitrogens with one attached hydrogen (secondary N) is 3. The van der Waals surface area contributed by atoms with Crippen molar-refractivity contribution in [2.45, 2.75) is 70.4 Å². The second kappa shape index (κ2) is 15.6. The molecule has 3 N–H and O–H groups in total. The monoisotopic (exact) mass is 603 g/mol. The normalized spacial score (nSPS) is 18.0. The highest BCUT2D eigenvalue weighted by molar-refractivity contribution is 7.18. The first-order valence-electron chi connectivity index (χ1n) is 14.7. The molecule has 1 aliphatic heterocycles. The third-order valence-electron chi connectivity index (χ3n) is 7.78. The Hall–Kier alpha value is -2.53. The van der Waals surface area contributed by atoms with Crippen LogP contribution < -0.4 is 16.0 Å². The Balaban J connectivity index is 1.42. The van der Waals surface area contributed by atoms with Crippen LogP contribution >= 0.6 is 22.9 Å². The van der Waals surface area contributed by atoms with E-state index >= 15 is 0 Å². The molecular weight excluding hydrogens is 562 g/mol. The molecule has 0 bridgehead atoms. The number of benzene rings is 1. The van der Waals surface area contributed by atoms with Crippen LogP contribution in [0.4, 0.5) is 0 Å². The number of nitrogens with zero attached hydrogens (tertiary/aromatic N) is 2. The van der Waals surface area contributed by atoms with Crippen molar-refractivity contribution >= 4 is 50.9 Å². The number of aromatic nitrogens is 1. The highest BCUT2D eigenvalue weighted by Gasteiger charge is 2.27. The topological polar surface area (TPSA) is 113 Å². The van der Waals surface area contributed by atoms with E-state index in [1.54, 1.807) is 13.0 Å². The fourth-order valence-corrected chi connectivity index (χ4v) is 6.76. The lowest BCUT2D eigenvalue weighted by Crippen LogP contribution is -2.53. The minimum atomic E-state index is -0.778. The number of halogens is 1. The van der Waals surface area contributed by atoms with E-state index in [4.69, 9.17) is 16.3 Å². The minimum absolute atomic E-state index is 0.203. The Labute approximate surface area is 251 Å². The van der Waals surface area contributed by atoms with E-state index in [0.29, 0.717) is 42.8 Å². The average molecular weight is 604 g/mol. The summed E-state index contributed by atoms with van der Waals surface area (Å²) in [7, 11) is 0. The zero-order chi connectivity index (χ0) is 29.2. The molecular formula is C30H42ClN5O4S. The molecule has 1 aliphatic carbocycles. The van der Waals surface area contributed by atoms with E-state index in [1.807, 2.05) is 12.1 Å². The maximum absolute atomic E-state index is 13.6. The van der Waals surface area contributed by atoms with Crippen molar-refractivity contribution in [2.24, 2.45) is 5.92 Å². The third kappa shape index (κ3) is 9.77. The third-order valence-corrected chi connectivity index (χ3v) is 9.06. The van der Waals surface area contributed by atoms with Gasteiger partial charge in [0.2, 0.25) is 17.7 Å². The Morgan fingerprint density at radius 1 is 1.17 bits per heavy atom. The van der Waals surface area contributed by atoms with Crippen molar-refractivity contribution in [1.82, 2.24) is 25.8 Å². The fourth-order valence-electron chi connectivity index (χ4n) is 5.48. The zero-order valence-corrected chi connectivity index (χ0v) is 25.5. The van der Waals surface area contributed by atoms with Crippen LogP contribution in [0.25, 0.3) is 10.2 Å². The van der Waals surface area contributed by atoms with Gasteiger partial charge in [0.15, 0.2) is 0 Å². The second-order valence-electron chi connectivity index (χ2n) is 11.0. The summed E-state index contributed by atoms with van der Waals surface area (Å²) < 4.78 is 6.32. The van der Waals surface area contributed by atoms with Crippen molar-refractivity contribution in [3.63, 3.8) is 0 Å². The molecule has 1 unspecified atom stereocenters. The predicted molar refractivity (Wildman–Crippen MR) is 163 cm³/mol. The van der Waals surface area contributed by atoms with Crippen LogP contribution in [0.5, 0.6) is 0 Å². The van der Waals surface area contributed by atoms with Gasteiger partial charge in [-0.05, 0) is 30.5 Å². The Morgan fingerprint density at radius 2 is 1.93 bits per heavy atom. The summed E-state index contributed by atoms with van der Waals surface area (Å²) in [5, 5.41) is 10.4. The number of carbonyl (C=O) groups excluding carboxylic acids is 3. The number of ether oxygens (including phenoxy) is 1. The van der Waals surface area contributed by atoms with Crippen LogP contribution in [0.15, 0.2) is 30.4 Å². The number of carbonyl (C=O) groups is 3. The highest BCUT2D eigenvalue weighted by atomic mass is 35.5. The molecule has 2 fully saturated rings. The predicted octanol–water partition coefficient (Wildman–Crippen LogP) is 3.85. The van der Waals surface area contributed by atoms with E-state index in [1.165, 1.54) is 30.6 Å². The number of hydrogen-bond donors (Lipinski definition) is 3. The zero-order valence-electron chi connectivity index (χ0n) is 23.9. The molecule has 11 heteroatoms. The molecule has 3 amide bonds. The van der Waals surface area contributed by atoms with Gasteiger partial charge >= 0.3 is 0 Å². The van der Waals surface area contributed by atoms with Crippen molar-refractivity contribution in [3.05, 3.63) is 40.4 Å². The number of rotatable bonds is 13. The van der Waals surface area contributed by atoms with E-state index in [-0.39, 0.29) is 36.6 Å². The lowest BCUT2D eigenvalue weighted by molar-refractivity contribution is -0.129. The summed E-state index contributed by atoms with van der Waals surface area (Å²) in [6, 6.07) is 4.46. The molecule has 224 valence electrons. The molecule has 0 spiro atoms. The maximum atomic E-state index is 13.6. The van der Waals surface area contributed by atoms with Gasteiger partial charge in [-0.2, -0.15) is 0 Å². The quantitative estimate of drug-likeness (QED) is 0.300. The summed E-state index contributed by atoms with van der Waals surface area (Å²) in [6.07, 6.45) is 7.16. The van der Waals surface area contributed by atoms with Crippen molar-refractivity contribution in [1.29, 1.82) is 0 Å². The van der Waals surface area contributed by atoms with Gasteiger partial charge in [0.1, 0.15) is 6.04 Å². The van der Waals surface area contributed by atoms with Gasteiger partial charge < -0.3 is 20.7 Å². The SMILES string of the molecule is C=C(CN1CCOCC1)C(=O)NCC(CC1CCCCC1)NC(=O)[C@H](Cc1nc2ccc(Cl)cc2s1)NC(=O)CC. The van der Waals surface area contributed by atoms with Crippen LogP contribution in [0.2, 0.25) is 5.02 Å². The van der Waals surface area contributed by atoms with Gasteiger partial charge in [-0.3, -0.25) is 19.3 Å². The Kier molecular flexibility index (Phi) is 12.0. The minimum Gasteiger partial charge on any atom is -0.379 e. The molecule has 9 nitrogen and oxygen atoms in total. The van der Waals surface area contributed by atoms with Gasteiger partial charge in [-0.25, -0.2) is 4.98 Å². The number of morpholine rings is 1. The van der Waals surface area contributed by atoms with Gasteiger partial charge in [0, 0.05) is 55.7 Å². The van der Waals surface area contributed by atoms with Crippen molar-refractivity contribution < 1.29 is 19.1 Å². The van der Waals surface area contributed by atoms with Gasteiger partial charge in [0.25, 0.3) is 0 Å². The summed E-state index contributed by atoms with van der Waals surface area (Å²) in [5.74, 6) is -0.194. The standard InChI is InChI=1S/C30H42ClN5O4S/c1-3-27(37)34-25(17-28-35-24-10-9-22(31)16-26(24)41-28)30(39)33-23(15-21-7-5-4-6-8-21)18-32-29(38)20(2)19-36-11-13-40-14-12-36/h9-10,16,21,23,25H,2-8,11-15,17-19H2,1H3,(H,32,38)(H,33,39)(H,34,37)/t23?,25-/m0/s1. The van der Waals surface area contributed by atoms with Gasteiger partial charge in [-0.1, -0.05) is 57.2 Å². The highest BCUT2D eigenvalue weighted by Crippen LogP contribution is 2.28. The molecule has 2 atom stereocenters. The summed E-state index contributed by atoms with van der Waals surface area (Å²) in [5.41, 5.74) is 1.31. The van der Waals surface area contributed by atoms with E-state index < -0.39 is 6.04 Å². The van der Waals surface area contributed by atoms with Crippen LogP contribution in [-0.2, 0) is 25.5 Å². The largest absolute Gasteiger partial charge is 0.379 e. The molecule has 0 radical (unpaired) electrons. The van der Waals surface area contributed by atoms with Gasteiger partial charge in [0.05, 0.1) is 28.4 Å². The van der Waals surface area contributed by atoms with E-state index in [2.05, 4.69) is 32.4 Å². The summed E-state index contributed by atoms with van der Waals surface area (Å²) in [4.78, 5) is 45.8. The second-order valence-corrected chi connectivity index (χ2v) is 12.6. The molecule has 2 aliphatic rings. The summed E-state index contributed by atoms with van der Waals surface area (Å²) >= 11 is 7.61. The van der Waals surface area contributed by atoms with Crippen LogP contribution in [0.1, 0.15) is 56.9 Å². The van der Waals surface area contributed by atoms with E-state index in [0.717, 1.165) is 47.6 Å². The van der Waals surface area contributed by atoms with Crippen molar-refractivity contribution in [3.8, 4) is 0 Å². The number of hydrogen-bond acceptors (Lipinski definition) is 7.